The van der Waals surface area contributed by atoms with E-state index in [1.807, 2.05) is 0 Å². The summed E-state index contributed by atoms with van der Waals surface area (Å²) in [6.07, 6.45) is 0.924. The summed E-state index contributed by atoms with van der Waals surface area (Å²) in [5, 5.41) is 0. The maximum Gasteiger partial charge on any atom is 0.255 e. The van der Waals surface area contributed by atoms with E-state index in [0.717, 1.165) is 48.7 Å². The molecule has 1 atom stereocenters. The van der Waals surface area contributed by atoms with E-state index in [-0.39, 0.29) is 23.5 Å². The highest BCUT2D eigenvalue weighted by Crippen LogP contribution is 2.21. The van der Waals surface area contributed by atoms with Gasteiger partial charge in [0.15, 0.2) is 5.78 Å². The highest BCUT2D eigenvalue weighted by atomic mass is 35.5. The quantitative estimate of drug-likeness (QED) is 0.525. The first-order valence-electron chi connectivity index (χ1n) is 7.71. The molecule has 0 aliphatic rings. The number of nitrogens with zero attached hydrogens (tertiary/aromatic N) is 1. The number of carbonyl (C=O) groups is 1. The van der Waals surface area contributed by atoms with Gasteiger partial charge >= 0.3 is 0 Å². The van der Waals surface area contributed by atoms with Crippen LogP contribution in [0.25, 0.3) is 5.69 Å². The molecule has 0 aliphatic heterocycles. The molecule has 2 N–H and O–H groups in total. The van der Waals surface area contributed by atoms with Crippen LogP contribution in [-0.2, 0) is 0 Å². The van der Waals surface area contributed by atoms with E-state index in [1.54, 1.807) is 0 Å². The topological polar surface area (TPSA) is 65.1 Å². The predicted octanol–water partition coefficient (Wildman–Crippen LogP) is 3.70. The van der Waals surface area contributed by atoms with Crippen molar-refractivity contribution in [2.24, 2.45) is 5.73 Å². The molecule has 0 amide bonds. The Bertz CT molecular complexity index is 1080. The third-order valence-electron chi connectivity index (χ3n) is 3.95. The summed E-state index contributed by atoms with van der Waals surface area (Å²) in [6.45, 7) is 0. The Kier molecular flexibility index (Phi) is 6.37. The Balaban J connectivity index is 0.00000280. The van der Waals surface area contributed by atoms with Crippen molar-refractivity contribution in [3.63, 3.8) is 0 Å². The molecular weight excluding hydrogens is 400 g/mol. The van der Waals surface area contributed by atoms with Gasteiger partial charge in [0.25, 0.3) is 5.56 Å². The Labute approximate surface area is 162 Å². The van der Waals surface area contributed by atoms with E-state index in [1.165, 1.54) is 0 Å². The van der Waals surface area contributed by atoms with E-state index in [0.29, 0.717) is 10.6 Å². The Hall–Kier alpha value is -2.97. The van der Waals surface area contributed by atoms with Crippen molar-refractivity contribution < 1.29 is 22.4 Å². The largest absolute Gasteiger partial charge is 0.317 e. The number of nitrogens with two attached hydrogens (primary N) is 1. The maximum atomic E-state index is 14.0. The Morgan fingerprint density at radius 1 is 0.929 bits per heavy atom. The SMILES string of the molecule is Cl.NC(C(=O)c1ccc(=O)n(-c2c(F)cccc2F)c1)c1ccc(F)cc1F. The van der Waals surface area contributed by atoms with E-state index < -0.39 is 46.3 Å². The van der Waals surface area contributed by atoms with Crippen LogP contribution in [0, 0.1) is 23.3 Å². The lowest BCUT2D eigenvalue weighted by Gasteiger charge is -2.14. The van der Waals surface area contributed by atoms with Gasteiger partial charge in [-0.2, -0.15) is 0 Å². The van der Waals surface area contributed by atoms with Crippen LogP contribution in [0.2, 0.25) is 0 Å². The minimum absolute atomic E-state index is 0. The Morgan fingerprint density at radius 2 is 1.57 bits per heavy atom. The molecule has 2 aromatic carbocycles. The first kappa shape index (κ1) is 21.3. The fourth-order valence-electron chi connectivity index (χ4n) is 2.60. The van der Waals surface area contributed by atoms with E-state index in [2.05, 4.69) is 0 Å². The van der Waals surface area contributed by atoms with Gasteiger partial charge in [0.1, 0.15) is 29.0 Å². The lowest BCUT2D eigenvalue weighted by Crippen LogP contribution is -2.26. The van der Waals surface area contributed by atoms with Crippen molar-refractivity contribution in [2.75, 3.05) is 0 Å². The van der Waals surface area contributed by atoms with E-state index >= 15 is 0 Å². The first-order chi connectivity index (χ1) is 12.8. The van der Waals surface area contributed by atoms with Crippen LogP contribution in [0.5, 0.6) is 0 Å². The minimum atomic E-state index is -1.50. The number of carbonyl (C=O) groups excluding carboxylic acids is 1. The minimum Gasteiger partial charge on any atom is -0.317 e. The summed E-state index contributed by atoms with van der Waals surface area (Å²) in [6, 6.07) is 6.15. The molecule has 0 aliphatic carbocycles. The molecule has 28 heavy (non-hydrogen) atoms. The van der Waals surface area contributed by atoms with Crippen LogP contribution in [0.15, 0.2) is 59.5 Å². The molecule has 3 rings (SSSR count). The number of halogens is 5. The summed E-state index contributed by atoms with van der Waals surface area (Å²) in [5.74, 6) is -4.67. The smallest absolute Gasteiger partial charge is 0.255 e. The van der Waals surface area contributed by atoms with Crippen molar-refractivity contribution in [3.05, 3.63) is 99.5 Å². The monoisotopic (exact) mass is 412 g/mol. The molecule has 0 bridgehead atoms. The molecule has 0 saturated carbocycles. The standard InChI is InChI=1S/C19H12F4N2O2.ClH/c20-11-5-6-12(15(23)8-11)17(24)19(27)10-4-7-16(26)25(9-10)18-13(21)2-1-3-14(18)22;/h1-9,17H,24H2;1H. The summed E-state index contributed by atoms with van der Waals surface area (Å²) in [5.41, 5.74) is 3.90. The maximum absolute atomic E-state index is 14.0. The van der Waals surface area contributed by atoms with E-state index in [9.17, 15) is 27.2 Å². The number of pyridine rings is 1. The second kappa shape index (κ2) is 8.37. The fraction of sp³-hybridized carbons (Fsp3) is 0.0526. The summed E-state index contributed by atoms with van der Waals surface area (Å²) >= 11 is 0. The zero-order chi connectivity index (χ0) is 19.7. The molecule has 1 unspecified atom stereocenters. The molecule has 0 radical (unpaired) electrons. The third-order valence-corrected chi connectivity index (χ3v) is 3.95. The number of rotatable bonds is 4. The number of benzene rings is 2. The van der Waals surface area contributed by atoms with Crippen LogP contribution >= 0.6 is 12.4 Å². The average Bonchev–Trinajstić information content (AvgIpc) is 2.62. The zero-order valence-corrected chi connectivity index (χ0v) is 14.9. The zero-order valence-electron chi connectivity index (χ0n) is 14.0. The Morgan fingerprint density at radius 3 is 2.18 bits per heavy atom. The molecule has 1 aromatic heterocycles. The van der Waals surface area contributed by atoms with Gasteiger partial charge in [0.05, 0.1) is 6.04 Å². The molecule has 4 nitrogen and oxygen atoms in total. The molecule has 0 saturated heterocycles. The number of hydrogen-bond donors (Lipinski definition) is 1. The van der Waals surface area contributed by atoms with Crippen molar-refractivity contribution in [1.82, 2.24) is 4.57 Å². The van der Waals surface area contributed by atoms with Gasteiger partial charge in [0.2, 0.25) is 0 Å². The molecule has 3 aromatic rings. The number of hydrogen-bond acceptors (Lipinski definition) is 3. The molecular formula is C19H13ClF4N2O2. The number of aromatic nitrogens is 1. The highest BCUT2D eigenvalue weighted by molar-refractivity contribution is 6.00. The summed E-state index contributed by atoms with van der Waals surface area (Å²) in [4.78, 5) is 24.6. The number of Topliss-reactive ketones (excluding diaryl/α,β-unsaturated/α-hetero) is 1. The van der Waals surface area contributed by atoms with Gasteiger partial charge in [-0.1, -0.05) is 12.1 Å². The van der Waals surface area contributed by atoms with Crippen molar-refractivity contribution in [3.8, 4) is 5.69 Å². The second-order valence-electron chi connectivity index (χ2n) is 5.70. The van der Waals surface area contributed by atoms with Crippen LogP contribution in [0.4, 0.5) is 17.6 Å². The van der Waals surface area contributed by atoms with Gasteiger partial charge in [-0.3, -0.25) is 14.2 Å². The third kappa shape index (κ3) is 3.97. The predicted molar refractivity (Wildman–Crippen MR) is 96.8 cm³/mol. The number of ketones is 1. The highest BCUT2D eigenvalue weighted by Gasteiger charge is 2.23. The lowest BCUT2D eigenvalue weighted by atomic mass is 9.98. The summed E-state index contributed by atoms with van der Waals surface area (Å²) in [7, 11) is 0. The van der Waals surface area contributed by atoms with Gasteiger partial charge < -0.3 is 5.73 Å². The second-order valence-corrected chi connectivity index (χ2v) is 5.70. The van der Waals surface area contributed by atoms with Gasteiger partial charge in [-0.15, -0.1) is 12.4 Å². The molecule has 9 heteroatoms. The van der Waals surface area contributed by atoms with Gasteiger partial charge in [0, 0.05) is 29.5 Å². The van der Waals surface area contributed by atoms with Crippen molar-refractivity contribution >= 4 is 18.2 Å². The van der Waals surface area contributed by atoms with Gasteiger partial charge in [-0.05, 0) is 24.3 Å². The normalized spacial score (nSPS) is 11.6. The van der Waals surface area contributed by atoms with Crippen molar-refractivity contribution in [2.45, 2.75) is 6.04 Å². The molecule has 1 heterocycles. The molecule has 0 fully saturated rings. The van der Waals surface area contributed by atoms with Crippen LogP contribution in [0.3, 0.4) is 0 Å². The van der Waals surface area contributed by atoms with Crippen LogP contribution in [-0.4, -0.2) is 10.4 Å². The molecule has 146 valence electrons. The fourth-order valence-corrected chi connectivity index (χ4v) is 2.60. The number of para-hydroxylation sites is 1. The van der Waals surface area contributed by atoms with Crippen LogP contribution in [0.1, 0.15) is 22.0 Å². The van der Waals surface area contributed by atoms with E-state index in [4.69, 9.17) is 5.73 Å². The first-order valence-corrected chi connectivity index (χ1v) is 7.71. The average molecular weight is 413 g/mol. The molecule has 0 spiro atoms. The van der Waals surface area contributed by atoms with Crippen molar-refractivity contribution in [1.29, 1.82) is 0 Å². The van der Waals surface area contributed by atoms with Gasteiger partial charge in [-0.25, -0.2) is 17.6 Å². The summed E-state index contributed by atoms with van der Waals surface area (Å²) < 4.78 is 55.5. The van der Waals surface area contributed by atoms with Crippen LogP contribution < -0.4 is 11.3 Å². The lowest BCUT2D eigenvalue weighted by molar-refractivity contribution is 0.0959.